The molecule has 0 fully saturated rings. The van der Waals surface area contributed by atoms with Crippen LogP contribution in [0.5, 0.6) is 0 Å². The van der Waals surface area contributed by atoms with Gasteiger partial charge < -0.3 is 9.59 Å². The largest absolute Gasteiger partial charge is 1.00 e. The monoisotopic (exact) mass is 330 g/mol. The van der Waals surface area contributed by atoms with Crippen molar-refractivity contribution in [3.8, 4) is 11.4 Å². The van der Waals surface area contributed by atoms with Crippen LogP contribution in [-0.2, 0) is 6.42 Å². The van der Waals surface area contributed by atoms with Crippen LogP contribution in [0.3, 0.4) is 0 Å². The van der Waals surface area contributed by atoms with E-state index in [0.29, 0.717) is 23.4 Å². The zero-order chi connectivity index (χ0) is 16.4. The Kier molecular flexibility index (Phi) is 6.10. The van der Waals surface area contributed by atoms with E-state index in [0.717, 1.165) is 0 Å². The number of benzene rings is 2. The molecule has 0 saturated carbocycles. The summed E-state index contributed by atoms with van der Waals surface area (Å²) in [7, 11) is 0. The average Bonchev–Trinajstić information content (AvgIpc) is 2.80. The van der Waals surface area contributed by atoms with Gasteiger partial charge in [-0.2, -0.15) is 0 Å². The number of hydrogen-bond donors (Lipinski definition) is 0. The Morgan fingerprint density at radius 3 is 1.50 bits per heavy atom. The molecule has 1 aromatic heterocycles. The molecule has 1 heterocycles. The maximum absolute atomic E-state index is 12.9. The molecule has 4 nitrogen and oxygen atoms in total. The standard InChI is InChI=1S/C19H19N2O2.Na/c1-14(2)13-17-18(22)20(15-9-5-3-6-10-15)21(19(17)23)16-11-7-4-8-12-16;/h3-12,14H,13H2,1-2H3;/q-1;+1. The van der Waals surface area contributed by atoms with E-state index in [1.165, 1.54) is 9.36 Å². The summed E-state index contributed by atoms with van der Waals surface area (Å²) in [4.78, 5) is 25.7. The Morgan fingerprint density at radius 1 is 0.792 bits per heavy atom. The molecule has 2 aromatic carbocycles. The summed E-state index contributed by atoms with van der Waals surface area (Å²) >= 11 is 0. The molecule has 0 aliphatic rings. The minimum atomic E-state index is -0.237. The number of nitrogens with zero attached hydrogens (tertiary/aromatic N) is 2. The molecule has 0 N–H and O–H groups in total. The van der Waals surface area contributed by atoms with Crippen LogP contribution in [0.15, 0.2) is 70.3 Å². The van der Waals surface area contributed by atoms with Crippen LogP contribution in [0.1, 0.15) is 19.4 Å². The van der Waals surface area contributed by atoms with Crippen LogP contribution in [0.25, 0.3) is 11.4 Å². The molecule has 0 bridgehead atoms. The first-order valence-electron chi connectivity index (χ1n) is 7.74. The zero-order valence-electron chi connectivity index (χ0n) is 14.3. The Labute approximate surface area is 163 Å². The van der Waals surface area contributed by atoms with E-state index in [1.807, 2.05) is 74.5 Å². The van der Waals surface area contributed by atoms with Gasteiger partial charge in [-0.3, -0.25) is 0 Å². The van der Waals surface area contributed by atoms with E-state index >= 15 is 0 Å². The minimum Gasteiger partial charge on any atom is -0.308 e. The van der Waals surface area contributed by atoms with Gasteiger partial charge in [0.05, 0.1) is 11.4 Å². The zero-order valence-corrected chi connectivity index (χ0v) is 16.3. The van der Waals surface area contributed by atoms with Crippen molar-refractivity contribution < 1.29 is 29.6 Å². The van der Waals surface area contributed by atoms with Crippen molar-refractivity contribution >= 4 is 0 Å². The van der Waals surface area contributed by atoms with Crippen LogP contribution in [0.2, 0.25) is 0 Å². The van der Waals surface area contributed by atoms with E-state index in [2.05, 4.69) is 0 Å². The molecule has 0 amide bonds. The van der Waals surface area contributed by atoms with Crippen molar-refractivity contribution in [1.82, 2.24) is 9.36 Å². The van der Waals surface area contributed by atoms with Gasteiger partial charge in [0.1, 0.15) is 11.1 Å². The third-order valence-corrected chi connectivity index (χ3v) is 3.71. The first-order chi connectivity index (χ1) is 11.1. The van der Waals surface area contributed by atoms with Crippen LogP contribution < -0.4 is 40.7 Å². The van der Waals surface area contributed by atoms with Gasteiger partial charge in [0, 0.05) is 0 Å². The van der Waals surface area contributed by atoms with Gasteiger partial charge in [-0.25, -0.2) is 14.9 Å². The van der Waals surface area contributed by atoms with Crippen molar-refractivity contribution in [2.75, 3.05) is 0 Å². The molecular formula is C19H19N2NaO2. The molecule has 118 valence electrons. The molecule has 0 spiro atoms. The van der Waals surface area contributed by atoms with Crippen LogP contribution >= 0.6 is 0 Å². The fourth-order valence-electron chi connectivity index (χ4n) is 2.72. The fraction of sp³-hybridized carbons (Fsp3) is 0.211. The summed E-state index contributed by atoms with van der Waals surface area (Å²) in [5, 5.41) is 0. The molecule has 0 aliphatic carbocycles. The van der Waals surface area contributed by atoms with Crippen molar-refractivity contribution in [3.05, 3.63) is 86.9 Å². The van der Waals surface area contributed by atoms with Crippen molar-refractivity contribution in [1.29, 1.82) is 0 Å². The van der Waals surface area contributed by atoms with Gasteiger partial charge in [-0.15, -0.1) is 6.42 Å². The van der Waals surface area contributed by atoms with E-state index in [-0.39, 0.29) is 46.6 Å². The Bertz CT molecular complexity index is 835. The molecule has 3 rings (SSSR count). The number of hydrogen-bond acceptors (Lipinski definition) is 2. The summed E-state index contributed by atoms with van der Waals surface area (Å²) in [5.74, 6) is 0.242. The smallest absolute Gasteiger partial charge is 0.308 e. The summed E-state index contributed by atoms with van der Waals surface area (Å²) in [5.41, 5.74) is 1.24. The molecule has 3 aromatic rings. The second-order valence-corrected chi connectivity index (χ2v) is 5.98. The van der Waals surface area contributed by atoms with Gasteiger partial charge in [0.25, 0.3) is 0 Å². The topological polar surface area (TPSA) is 44.0 Å². The van der Waals surface area contributed by atoms with Gasteiger partial charge >= 0.3 is 29.6 Å². The molecule has 24 heavy (non-hydrogen) atoms. The quantitative estimate of drug-likeness (QED) is 0.496. The Hall–Kier alpha value is -1.75. The van der Waals surface area contributed by atoms with E-state index in [1.54, 1.807) is 0 Å². The third-order valence-electron chi connectivity index (χ3n) is 3.71. The molecular weight excluding hydrogens is 311 g/mol. The van der Waals surface area contributed by atoms with E-state index < -0.39 is 0 Å². The summed E-state index contributed by atoms with van der Waals surface area (Å²) < 4.78 is 2.94. The van der Waals surface area contributed by atoms with Gasteiger partial charge in [0.2, 0.25) is 0 Å². The maximum atomic E-state index is 12.9. The van der Waals surface area contributed by atoms with Crippen molar-refractivity contribution in [2.24, 2.45) is 5.92 Å². The predicted octanol–water partition coefficient (Wildman–Crippen LogP) is -0.0902. The number of aromatic nitrogens is 2. The average molecular weight is 330 g/mol. The molecule has 0 saturated heterocycles. The molecule has 0 atom stereocenters. The number of para-hydroxylation sites is 2. The van der Waals surface area contributed by atoms with Crippen LogP contribution in [-0.4, -0.2) is 9.36 Å². The maximum Gasteiger partial charge on any atom is 1.00 e. The molecule has 0 radical (unpaired) electrons. The second-order valence-electron chi connectivity index (χ2n) is 5.98. The number of rotatable bonds is 4. The van der Waals surface area contributed by atoms with Crippen LogP contribution in [0.4, 0.5) is 0 Å². The first-order valence-corrected chi connectivity index (χ1v) is 7.74. The fourth-order valence-corrected chi connectivity index (χ4v) is 2.72. The summed E-state index contributed by atoms with van der Waals surface area (Å²) in [6.07, 6.45) is 0.477. The van der Waals surface area contributed by atoms with E-state index in [4.69, 9.17) is 0 Å². The van der Waals surface area contributed by atoms with Crippen molar-refractivity contribution in [2.45, 2.75) is 20.3 Å². The van der Waals surface area contributed by atoms with Gasteiger partial charge in [-0.05, 0) is 24.3 Å². The Balaban J connectivity index is 0.00000208. The van der Waals surface area contributed by atoms with E-state index in [9.17, 15) is 9.59 Å². The normalized spacial score (nSPS) is 10.6. The van der Waals surface area contributed by atoms with Gasteiger partial charge in [-0.1, -0.05) is 56.2 Å². The minimum absolute atomic E-state index is 0. The Morgan fingerprint density at radius 2 is 1.17 bits per heavy atom. The van der Waals surface area contributed by atoms with Crippen LogP contribution in [0, 0.1) is 5.92 Å². The summed E-state index contributed by atoms with van der Waals surface area (Å²) in [6, 6.07) is 18.5. The first kappa shape index (κ1) is 18.6. The van der Waals surface area contributed by atoms with Crippen molar-refractivity contribution in [3.63, 3.8) is 0 Å². The predicted molar refractivity (Wildman–Crippen MR) is 91.8 cm³/mol. The SMILES string of the molecule is CC(C)C[c-]1c(=O)n(-c2ccccc2)n(-c2ccccc2)c1=O.[Na+]. The molecule has 0 aliphatic heterocycles. The summed E-state index contributed by atoms with van der Waals surface area (Å²) in [6.45, 7) is 4.01. The second kappa shape index (κ2) is 7.88. The molecule has 0 unspecified atom stereocenters. The third kappa shape index (κ3) is 3.51. The molecule has 5 heteroatoms. The van der Waals surface area contributed by atoms with Gasteiger partial charge in [0.15, 0.2) is 0 Å².